The second-order valence-corrected chi connectivity index (χ2v) is 3.55. The third kappa shape index (κ3) is 2.48. The summed E-state index contributed by atoms with van der Waals surface area (Å²) in [5, 5.41) is 9.36. The minimum Gasteiger partial charge on any atom is -0.508 e. The molecular formula is C12H13NO5. The molecule has 0 aromatic heterocycles. The Bertz CT molecular complexity index is 521. The summed E-state index contributed by atoms with van der Waals surface area (Å²) in [6, 6.07) is 2.14. The van der Waals surface area contributed by atoms with Gasteiger partial charge in [0.25, 0.3) is 0 Å². The van der Waals surface area contributed by atoms with Crippen molar-refractivity contribution in [2.45, 2.75) is 13.3 Å². The molecule has 0 aliphatic carbocycles. The van der Waals surface area contributed by atoms with Crippen molar-refractivity contribution in [3.63, 3.8) is 0 Å². The lowest BCUT2D eigenvalue weighted by Crippen LogP contribution is -2.19. The molecule has 0 spiro atoms. The Balaban J connectivity index is 3.46. The predicted octanol–water partition coefficient (Wildman–Crippen LogP) is 0.923. The quantitative estimate of drug-likeness (QED) is 0.356. The number of carbonyl (C=O) groups is 3. The number of ketones is 2. The summed E-state index contributed by atoms with van der Waals surface area (Å²) in [5.41, 5.74) is 4.98. The van der Waals surface area contributed by atoms with E-state index in [1.54, 1.807) is 0 Å². The van der Waals surface area contributed by atoms with E-state index < -0.39 is 17.5 Å². The Morgan fingerprint density at radius 3 is 2.44 bits per heavy atom. The number of nitrogen functional groups attached to an aromatic ring is 1. The molecule has 0 heterocycles. The van der Waals surface area contributed by atoms with Gasteiger partial charge in [-0.15, -0.1) is 0 Å². The number of ether oxygens (including phenoxy) is 1. The molecule has 0 amide bonds. The highest BCUT2D eigenvalue weighted by molar-refractivity contribution is 6.45. The molecule has 6 nitrogen and oxygen atoms in total. The first-order chi connectivity index (χ1) is 8.42. The first-order valence-corrected chi connectivity index (χ1v) is 5.20. The number of hydrogen-bond acceptors (Lipinski definition) is 6. The molecule has 0 unspecified atom stereocenters. The van der Waals surface area contributed by atoms with Crippen LogP contribution in [0.25, 0.3) is 0 Å². The smallest absolute Gasteiger partial charge is 0.338 e. The number of phenols is 1. The van der Waals surface area contributed by atoms with E-state index in [2.05, 4.69) is 4.74 Å². The van der Waals surface area contributed by atoms with Gasteiger partial charge in [-0.1, -0.05) is 6.92 Å². The van der Waals surface area contributed by atoms with Crippen LogP contribution in [0, 0.1) is 0 Å². The summed E-state index contributed by atoms with van der Waals surface area (Å²) >= 11 is 0. The maximum absolute atomic E-state index is 11.8. The van der Waals surface area contributed by atoms with Gasteiger partial charge in [-0.05, 0) is 6.07 Å². The topological polar surface area (TPSA) is 107 Å². The molecule has 1 aromatic rings. The molecule has 0 aliphatic rings. The van der Waals surface area contributed by atoms with E-state index in [0.29, 0.717) is 0 Å². The van der Waals surface area contributed by atoms with E-state index in [1.165, 1.54) is 6.92 Å². The van der Waals surface area contributed by atoms with Crippen LogP contribution < -0.4 is 5.73 Å². The van der Waals surface area contributed by atoms with Crippen molar-refractivity contribution in [3.8, 4) is 5.75 Å². The van der Waals surface area contributed by atoms with Gasteiger partial charge >= 0.3 is 5.97 Å². The van der Waals surface area contributed by atoms with Gasteiger partial charge in [-0.25, -0.2) is 4.79 Å². The predicted molar refractivity (Wildman–Crippen MR) is 63.5 cm³/mol. The van der Waals surface area contributed by atoms with Gasteiger partial charge < -0.3 is 15.6 Å². The standard InChI is InChI=1S/C12H13NO5/c1-3-9(15)11(16)10-7(12(17)18-2)4-6(14)5-8(10)13/h4-5,14H,3,13H2,1-2H3. The summed E-state index contributed by atoms with van der Waals surface area (Å²) in [4.78, 5) is 34.7. The van der Waals surface area contributed by atoms with Crippen molar-refractivity contribution in [1.82, 2.24) is 0 Å². The van der Waals surface area contributed by atoms with Crippen LogP contribution >= 0.6 is 0 Å². The Kier molecular flexibility index (Phi) is 4.04. The Hall–Kier alpha value is -2.37. The maximum Gasteiger partial charge on any atom is 0.338 e. The summed E-state index contributed by atoms with van der Waals surface area (Å²) in [5.74, 6) is -2.66. The Morgan fingerprint density at radius 2 is 1.94 bits per heavy atom. The number of phenolic OH excluding ortho intramolecular Hbond substituents is 1. The van der Waals surface area contributed by atoms with Crippen LogP contribution in [0.1, 0.15) is 34.1 Å². The molecule has 1 rings (SSSR count). The van der Waals surface area contributed by atoms with Crippen molar-refractivity contribution in [1.29, 1.82) is 0 Å². The fraction of sp³-hybridized carbons (Fsp3) is 0.250. The Labute approximate surface area is 103 Å². The number of methoxy groups -OCH3 is 1. The molecule has 0 saturated carbocycles. The summed E-state index contributed by atoms with van der Waals surface area (Å²) in [6.07, 6.45) is -0.000236. The monoisotopic (exact) mass is 251 g/mol. The van der Waals surface area contributed by atoms with Crippen LogP contribution in [0.3, 0.4) is 0 Å². The second kappa shape index (κ2) is 5.31. The normalized spacial score (nSPS) is 9.89. The summed E-state index contributed by atoms with van der Waals surface area (Å²) in [7, 11) is 1.12. The van der Waals surface area contributed by atoms with Crippen molar-refractivity contribution >= 4 is 23.2 Å². The lowest BCUT2D eigenvalue weighted by molar-refractivity contribution is -0.114. The SMILES string of the molecule is CCC(=O)C(=O)c1c(N)cc(O)cc1C(=O)OC. The number of carbonyl (C=O) groups excluding carboxylic acids is 3. The van der Waals surface area contributed by atoms with Gasteiger partial charge in [-0.2, -0.15) is 0 Å². The zero-order chi connectivity index (χ0) is 13.9. The van der Waals surface area contributed by atoms with Crippen LogP contribution in [-0.2, 0) is 9.53 Å². The molecule has 96 valence electrons. The van der Waals surface area contributed by atoms with Crippen LogP contribution in [0.4, 0.5) is 5.69 Å². The highest BCUT2D eigenvalue weighted by atomic mass is 16.5. The molecule has 3 N–H and O–H groups in total. The molecule has 0 atom stereocenters. The number of benzene rings is 1. The number of rotatable bonds is 4. The van der Waals surface area contributed by atoms with Gasteiger partial charge in [0.1, 0.15) is 5.75 Å². The lowest BCUT2D eigenvalue weighted by atomic mass is 9.97. The van der Waals surface area contributed by atoms with Crippen LogP contribution in [-0.4, -0.2) is 29.8 Å². The fourth-order valence-corrected chi connectivity index (χ4v) is 1.47. The zero-order valence-corrected chi connectivity index (χ0v) is 10.0. The molecule has 6 heteroatoms. The summed E-state index contributed by atoms with van der Waals surface area (Å²) < 4.78 is 4.48. The highest BCUT2D eigenvalue weighted by Crippen LogP contribution is 2.25. The van der Waals surface area contributed by atoms with Crippen LogP contribution in [0.2, 0.25) is 0 Å². The minimum atomic E-state index is -0.865. The van der Waals surface area contributed by atoms with E-state index in [4.69, 9.17) is 5.73 Å². The van der Waals surface area contributed by atoms with E-state index >= 15 is 0 Å². The third-order valence-electron chi connectivity index (χ3n) is 2.36. The van der Waals surface area contributed by atoms with E-state index in [9.17, 15) is 19.5 Å². The number of Topliss-reactive ketones (excluding diaryl/α,β-unsaturated/α-hetero) is 2. The van der Waals surface area contributed by atoms with Crippen molar-refractivity contribution in [2.24, 2.45) is 0 Å². The first kappa shape index (κ1) is 13.7. The molecule has 0 bridgehead atoms. The molecular weight excluding hydrogens is 238 g/mol. The first-order valence-electron chi connectivity index (χ1n) is 5.20. The molecule has 0 aliphatic heterocycles. The van der Waals surface area contributed by atoms with Gasteiger partial charge in [0.2, 0.25) is 11.6 Å². The lowest BCUT2D eigenvalue weighted by Gasteiger charge is -2.09. The van der Waals surface area contributed by atoms with E-state index in [1.807, 2.05) is 0 Å². The van der Waals surface area contributed by atoms with Crippen molar-refractivity contribution in [3.05, 3.63) is 23.3 Å². The van der Waals surface area contributed by atoms with Crippen LogP contribution in [0.15, 0.2) is 12.1 Å². The minimum absolute atomic E-state index is 0.000236. The fourth-order valence-electron chi connectivity index (χ4n) is 1.47. The van der Waals surface area contributed by atoms with Gasteiger partial charge in [-0.3, -0.25) is 9.59 Å². The van der Waals surface area contributed by atoms with Gasteiger partial charge in [0.15, 0.2) is 0 Å². The molecule has 0 fully saturated rings. The number of esters is 1. The molecule has 0 radical (unpaired) electrons. The van der Waals surface area contributed by atoms with E-state index in [-0.39, 0.29) is 29.0 Å². The van der Waals surface area contributed by atoms with E-state index in [0.717, 1.165) is 19.2 Å². The zero-order valence-electron chi connectivity index (χ0n) is 10.0. The molecule has 0 saturated heterocycles. The average molecular weight is 251 g/mol. The molecule has 1 aromatic carbocycles. The largest absolute Gasteiger partial charge is 0.508 e. The van der Waals surface area contributed by atoms with Crippen molar-refractivity contribution in [2.75, 3.05) is 12.8 Å². The van der Waals surface area contributed by atoms with Gasteiger partial charge in [0, 0.05) is 18.2 Å². The highest BCUT2D eigenvalue weighted by Gasteiger charge is 2.25. The maximum atomic E-state index is 11.8. The van der Waals surface area contributed by atoms with Crippen molar-refractivity contribution < 1.29 is 24.2 Å². The molecule has 18 heavy (non-hydrogen) atoms. The van der Waals surface area contributed by atoms with Crippen LogP contribution in [0.5, 0.6) is 5.75 Å². The average Bonchev–Trinajstić information content (AvgIpc) is 2.35. The van der Waals surface area contributed by atoms with Gasteiger partial charge in [0.05, 0.1) is 18.2 Å². The number of aromatic hydroxyl groups is 1. The number of hydrogen-bond donors (Lipinski definition) is 2. The summed E-state index contributed by atoms with van der Waals surface area (Å²) in [6.45, 7) is 1.52. The second-order valence-electron chi connectivity index (χ2n) is 3.55. The third-order valence-corrected chi connectivity index (χ3v) is 2.36. The number of nitrogens with two attached hydrogens (primary N) is 1. The Morgan fingerprint density at radius 1 is 1.33 bits per heavy atom. The number of anilines is 1.